The van der Waals surface area contributed by atoms with Crippen LogP contribution in [0.15, 0.2) is 48.5 Å². The Morgan fingerprint density at radius 3 is 2.29 bits per heavy atom. The van der Waals surface area contributed by atoms with Crippen LogP contribution in [0.3, 0.4) is 0 Å². The van der Waals surface area contributed by atoms with Crippen molar-refractivity contribution in [2.75, 3.05) is 5.32 Å². The monoisotopic (exact) mass is 359 g/mol. The minimum absolute atomic E-state index is 0.239. The highest BCUT2D eigenvalue weighted by Crippen LogP contribution is 2.34. The third kappa shape index (κ3) is 4.11. The van der Waals surface area contributed by atoms with Gasteiger partial charge in [0.15, 0.2) is 5.54 Å². The minimum atomic E-state index is -4.86. The number of nitrogens with one attached hydrogen (secondary N) is 1. The quantitative estimate of drug-likeness (QED) is 0.815. The third-order valence-electron chi connectivity index (χ3n) is 3.33. The number of carboxylic acid groups (broad SMARTS) is 1. The highest BCUT2D eigenvalue weighted by Gasteiger charge is 2.36. The van der Waals surface area contributed by atoms with E-state index >= 15 is 0 Å². The molecule has 0 saturated carbocycles. The second-order valence-electron chi connectivity index (χ2n) is 5.11. The van der Waals surface area contributed by atoms with Crippen LogP contribution in [0.5, 0.6) is 5.75 Å². The van der Waals surface area contributed by atoms with Crippen molar-refractivity contribution in [2.45, 2.75) is 18.8 Å². The lowest BCUT2D eigenvalue weighted by atomic mass is 9.91. The van der Waals surface area contributed by atoms with Gasteiger partial charge in [-0.05, 0) is 30.7 Å². The SMILES string of the molecule is CC(Nc1ccc(OC(F)(F)F)c(Cl)c1)(C(=O)O)c1ccccc1. The lowest BCUT2D eigenvalue weighted by Crippen LogP contribution is -2.40. The summed E-state index contributed by atoms with van der Waals surface area (Å²) in [5, 5.41) is 12.0. The van der Waals surface area contributed by atoms with E-state index in [1.807, 2.05) is 0 Å². The molecule has 4 nitrogen and oxygen atoms in total. The van der Waals surface area contributed by atoms with Crippen molar-refractivity contribution in [3.8, 4) is 5.75 Å². The van der Waals surface area contributed by atoms with Gasteiger partial charge in [0.05, 0.1) is 5.02 Å². The van der Waals surface area contributed by atoms with Crippen molar-refractivity contribution in [3.63, 3.8) is 0 Å². The van der Waals surface area contributed by atoms with E-state index in [4.69, 9.17) is 11.6 Å². The molecule has 0 aromatic heterocycles. The van der Waals surface area contributed by atoms with Crippen LogP contribution >= 0.6 is 11.6 Å². The Labute approximate surface area is 140 Å². The number of hydrogen-bond acceptors (Lipinski definition) is 3. The van der Waals surface area contributed by atoms with Gasteiger partial charge < -0.3 is 15.2 Å². The molecule has 8 heteroatoms. The summed E-state index contributed by atoms with van der Waals surface area (Å²) in [6.45, 7) is 1.44. The number of ether oxygens (including phenoxy) is 1. The fourth-order valence-electron chi connectivity index (χ4n) is 2.10. The molecule has 2 aromatic rings. The largest absolute Gasteiger partial charge is 0.573 e. The van der Waals surface area contributed by atoms with E-state index in [1.165, 1.54) is 19.1 Å². The van der Waals surface area contributed by atoms with E-state index < -0.39 is 23.6 Å². The van der Waals surface area contributed by atoms with Crippen molar-refractivity contribution in [1.29, 1.82) is 0 Å². The van der Waals surface area contributed by atoms with E-state index in [2.05, 4.69) is 10.1 Å². The van der Waals surface area contributed by atoms with Crippen molar-refractivity contribution >= 4 is 23.3 Å². The molecular weight excluding hydrogens is 347 g/mol. The van der Waals surface area contributed by atoms with Crippen molar-refractivity contribution in [3.05, 3.63) is 59.1 Å². The van der Waals surface area contributed by atoms with E-state index in [-0.39, 0.29) is 10.7 Å². The molecule has 0 bridgehead atoms. The minimum Gasteiger partial charge on any atom is -0.479 e. The molecule has 2 aromatic carbocycles. The average molecular weight is 360 g/mol. The fraction of sp³-hybridized carbons (Fsp3) is 0.188. The molecule has 128 valence electrons. The normalized spacial score (nSPS) is 13.9. The number of carboxylic acids is 1. The van der Waals surface area contributed by atoms with Gasteiger partial charge in [0, 0.05) is 5.69 Å². The van der Waals surface area contributed by atoms with Gasteiger partial charge in [-0.2, -0.15) is 0 Å². The molecule has 0 heterocycles. The van der Waals surface area contributed by atoms with Gasteiger partial charge >= 0.3 is 12.3 Å². The molecule has 0 aliphatic rings. The van der Waals surface area contributed by atoms with Gasteiger partial charge in [-0.25, -0.2) is 4.79 Å². The summed E-state index contributed by atoms with van der Waals surface area (Å²) in [4.78, 5) is 11.7. The summed E-state index contributed by atoms with van der Waals surface area (Å²) in [7, 11) is 0. The third-order valence-corrected chi connectivity index (χ3v) is 3.63. The Hall–Kier alpha value is -2.41. The van der Waals surface area contributed by atoms with Gasteiger partial charge in [0.2, 0.25) is 0 Å². The lowest BCUT2D eigenvalue weighted by molar-refractivity contribution is -0.274. The number of hydrogen-bond donors (Lipinski definition) is 2. The highest BCUT2D eigenvalue weighted by molar-refractivity contribution is 6.32. The summed E-state index contributed by atoms with van der Waals surface area (Å²) in [5.41, 5.74) is -0.774. The van der Waals surface area contributed by atoms with Crippen LogP contribution in [0.1, 0.15) is 12.5 Å². The van der Waals surface area contributed by atoms with Crippen molar-refractivity contribution in [1.82, 2.24) is 0 Å². The standard InChI is InChI=1S/C16H13ClF3NO3/c1-15(14(22)23,10-5-3-2-4-6-10)21-11-7-8-13(12(17)9-11)24-16(18,19)20/h2-9,21H,1H3,(H,22,23). The number of carbonyl (C=O) groups is 1. The van der Waals surface area contributed by atoms with Gasteiger partial charge in [-0.3, -0.25) is 0 Å². The average Bonchev–Trinajstić information content (AvgIpc) is 2.49. The molecule has 24 heavy (non-hydrogen) atoms. The maximum atomic E-state index is 12.2. The van der Waals surface area contributed by atoms with Crippen LogP contribution in [0, 0.1) is 0 Å². The van der Waals surface area contributed by atoms with Crippen LogP contribution in [-0.2, 0) is 10.3 Å². The van der Waals surface area contributed by atoms with Gasteiger partial charge in [-0.1, -0.05) is 41.9 Å². The molecule has 0 spiro atoms. The number of benzene rings is 2. The van der Waals surface area contributed by atoms with Crippen LogP contribution in [0.4, 0.5) is 18.9 Å². The van der Waals surface area contributed by atoms with Crippen LogP contribution < -0.4 is 10.1 Å². The molecule has 0 aliphatic carbocycles. The van der Waals surface area contributed by atoms with Crippen molar-refractivity contribution in [2.24, 2.45) is 0 Å². The molecule has 2 N–H and O–H groups in total. The Kier molecular flexibility index (Phi) is 4.94. The first kappa shape index (κ1) is 17.9. The molecule has 0 amide bonds. The molecule has 0 radical (unpaired) electrons. The lowest BCUT2D eigenvalue weighted by Gasteiger charge is -2.28. The molecule has 1 unspecified atom stereocenters. The molecule has 0 fully saturated rings. The first-order valence-electron chi connectivity index (χ1n) is 6.74. The van der Waals surface area contributed by atoms with E-state index in [1.54, 1.807) is 30.3 Å². The Bertz CT molecular complexity index is 737. The fourth-order valence-corrected chi connectivity index (χ4v) is 2.31. The molecular formula is C16H13ClF3NO3. The first-order valence-corrected chi connectivity index (χ1v) is 7.12. The Morgan fingerprint density at radius 1 is 1.17 bits per heavy atom. The highest BCUT2D eigenvalue weighted by atomic mass is 35.5. The number of anilines is 1. The summed E-state index contributed by atoms with van der Waals surface area (Å²) < 4.78 is 40.5. The van der Waals surface area contributed by atoms with Gasteiger partial charge in [0.1, 0.15) is 5.75 Å². The van der Waals surface area contributed by atoms with E-state index in [0.29, 0.717) is 5.56 Å². The van der Waals surface area contributed by atoms with E-state index in [0.717, 1.165) is 6.07 Å². The predicted octanol–water partition coefficient (Wildman–Crippen LogP) is 4.65. The number of halogens is 4. The molecule has 2 rings (SSSR count). The molecule has 0 aliphatic heterocycles. The molecule has 1 atom stereocenters. The zero-order chi connectivity index (χ0) is 18.0. The Balaban J connectivity index is 2.31. The van der Waals surface area contributed by atoms with Crippen LogP contribution in [-0.4, -0.2) is 17.4 Å². The zero-order valence-electron chi connectivity index (χ0n) is 12.4. The Morgan fingerprint density at radius 2 is 1.79 bits per heavy atom. The van der Waals surface area contributed by atoms with Crippen LogP contribution in [0.2, 0.25) is 5.02 Å². The van der Waals surface area contributed by atoms with E-state index in [9.17, 15) is 23.1 Å². The second kappa shape index (κ2) is 6.60. The maximum absolute atomic E-state index is 12.2. The summed E-state index contributed by atoms with van der Waals surface area (Å²) >= 11 is 5.78. The van der Waals surface area contributed by atoms with Crippen molar-refractivity contribution < 1.29 is 27.8 Å². The molecule has 0 saturated heterocycles. The van der Waals surface area contributed by atoms with Gasteiger partial charge in [-0.15, -0.1) is 13.2 Å². The number of aliphatic carboxylic acids is 1. The van der Waals surface area contributed by atoms with Crippen LogP contribution in [0.25, 0.3) is 0 Å². The summed E-state index contributed by atoms with van der Waals surface area (Å²) in [5.74, 6) is -1.72. The predicted molar refractivity (Wildman–Crippen MR) is 83.2 cm³/mol. The smallest absolute Gasteiger partial charge is 0.479 e. The first-order chi connectivity index (χ1) is 11.1. The number of alkyl halides is 3. The van der Waals surface area contributed by atoms with Gasteiger partial charge in [0.25, 0.3) is 0 Å². The summed E-state index contributed by atoms with van der Waals surface area (Å²) in [6, 6.07) is 11.8. The summed E-state index contributed by atoms with van der Waals surface area (Å²) in [6.07, 6.45) is -4.86. The zero-order valence-corrected chi connectivity index (χ0v) is 13.2. The topological polar surface area (TPSA) is 58.6 Å². The maximum Gasteiger partial charge on any atom is 0.573 e. The number of rotatable bonds is 5. The second-order valence-corrected chi connectivity index (χ2v) is 5.52.